The van der Waals surface area contributed by atoms with Crippen molar-refractivity contribution in [3.05, 3.63) is 70.5 Å². The molecule has 28 heavy (non-hydrogen) atoms. The highest BCUT2D eigenvalue weighted by molar-refractivity contribution is 6.46. The van der Waals surface area contributed by atoms with Crippen LogP contribution in [0.2, 0.25) is 5.02 Å². The number of carbonyl (C=O) groups is 2. The third-order valence-electron chi connectivity index (χ3n) is 4.68. The van der Waals surface area contributed by atoms with Crippen molar-refractivity contribution in [2.45, 2.75) is 12.5 Å². The van der Waals surface area contributed by atoms with E-state index in [4.69, 9.17) is 11.6 Å². The van der Waals surface area contributed by atoms with E-state index in [0.29, 0.717) is 23.6 Å². The smallest absolute Gasteiger partial charge is 0.295 e. The second kappa shape index (κ2) is 8.54. The van der Waals surface area contributed by atoms with Crippen LogP contribution in [0.3, 0.4) is 0 Å². The van der Waals surface area contributed by atoms with E-state index in [9.17, 15) is 14.7 Å². The summed E-state index contributed by atoms with van der Waals surface area (Å²) in [5.74, 6) is -1.48. The van der Waals surface area contributed by atoms with Gasteiger partial charge in [-0.05, 0) is 69.0 Å². The van der Waals surface area contributed by atoms with Crippen molar-refractivity contribution >= 4 is 29.1 Å². The molecule has 1 saturated heterocycles. The van der Waals surface area contributed by atoms with Crippen LogP contribution >= 0.6 is 11.6 Å². The summed E-state index contributed by atoms with van der Waals surface area (Å²) in [6.45, 7) is 1.19. The van der Waals surface area contributed by atoms with Gasteiger partial charge in [-0.15, -0.1) is 0 Å². The highest BCUT2D eigenvalue weighted by atomic mass is 35.5. The molecule has 0 radical (unpaired) electrons. The number of benzene rings is 1. The highest BCUT2D eigenvalue weighted by Gasteiger charge is 2.45. The minimum absolute atomic E-state index is 0.0865. The molecule has 1 aromatic carbocycles. The van der Waals surface area contributed by atoms with Crippen LogP contribution < -0.4 is 0 Å². The van der Waals surface area contributed by atoms with Crippen LogP contribution in [0.15, 0.2) is 54.4 Å². The summed E-state index contributed by atoms with van der Waals surface area (Å²) in [6.07, 6.45) is 3.93. The molecule has 1 aliphatic heterocycles. The van der Waals surface area contributed by atoms with Crippen molar-refractivity contribution in [1.29, 1.82) is 0 Å². The van der Waals surface area contributed by atoms with Gasteiger partial charge < -0.3 is 14.9 Å². The number of ketones is 1. The first-order chi connectivity index (χ1) is 13.4. The van der Waals surface area contributed by atoms with Gasteiger partial charge in [-0.3, -0.25) is 14.6 Å². The van der Waals surface area contributed by atoms with Gasteiger partial charge in [0, 0.05) is 29.5 Å². The largest absolute Gasteiger partial charge is 0.507 e. The minimum atomic E-state index is -0.681. The van der Waals surface area contributed by atoms with Gasteiger partial charge in [0.05, 0.1) is 11.6 Å². The second-order valence-corrected chi connectivity index (χ2v) is 7.37. The molecule has 1 N–H and O–H groups in total. The van der Waals surface area contributed by atoms with E-state index in [1.54, 1.807) is 48.8 Å². The third-order valence-corrected chi connectivity index (χ3v) is 4.94. The molecule has 1 fully saturated rings. The average molecular weight is 400 g/mol. The number of amides is 1. The Bertz CT molecular complexity index is 895. The Balaban J connectivity index is 2.06. The lowest BCUT2D eigenvalue weighted by Crippen LogP contribution is -2.32. The SMILES string of the molecule is CN(C)CCCN1C(=O)C(=O)/C(=C(/O)c2ccc(Cl)cc2)[C@@H]1c1ccncc1. The van der Waals surface area contributed by atoms with Gasteiger partial charge >= 0.3 is 0 Å². The molecular formula is C21H22ClN3O3. The number of halogens is 1. The highest BCUT2D eigenvalue weighted by Crippen LogP contribution is 2.39. The summed E-state index contributed by atoms with van der Waals surface area (Å²) in [6, 6.07) is 9.37. The van der Waals surface area contributed by atoms with Gasteiger partial charge in [0.1, 0.15) is 5.76 Å². The van der Waals surface area contributed by atoms with Crippen LogP contribution in [0.4, 0.5) is 0 Å². The van der Waals surface area contributed by atoms with Crippen LogP contribution in [0.5, 0.6) is 0 Å². The fraction of sp³-hybridized carbons (Fsp3) is 0.286. The summed E-state index contributed by atoms with van der Waals surface area (Å²) in [7, 11) is 3.91. The summed E-state index contributed by atoms with van der Waals surface area (Å²) in [4.78, 5) is 33.1. The Labute approximate surface area is 169 Å². The standard InChI is InChI=1S/C21H22ClN3O3/c1-24(2)12-3-13-25-18(14-8-10-23-11-9-14)17(20(27)21(25)28)19(26)15-4-6-16(22)7-5-15/h4-11,18,26H,3,12-13H2,1-2H3/b19-17+/t18-/m0/s1. The van der Waals surface area contributed by atoms with Gasteiger partial charge in [-0.2, -0.15) is 0 Å². The number of carbonyl (C=O) groups excluding carboxylic acids is 2. The van der Waals surface area contributed by atoms with Crippen LogP contribution in [0, 0.1) is 0 Å². The molecule has 1 aromatic heterocycles. The van der Waals surface area contributed by atoms with E-state index in [1.807, 2.05) is 19.0 Å². The molecule has 2 aromatic rings. The van der Waals surface area contributed by atoms with E-state index in [1.165, 1.54) is 4.90 Å². The molecule has 1 aliphatic rings. The molecule has 0 bridgehead atoms. The van der Waals surface area contributed by atoms with Gasteiger partial charge in [-0.1, -0.05) is 11.6 Å². The number of nitrogens with zero attached hydrogens (tertiary/aromatic N) is 3. The van der Waals surface area contributed by atoms with Gasteiger partial charge in [0.15, 0.2) is 0 Å². The molecule has 3 rings (SSSR count). The van der Waals surface area contributed by atoms with Crippen molar-refractivity contribution in [1.82, 2.24) is 14.8 Å². The van der Waals surface area contributed by atoms with Crippen LogP contribution in [0.1, 0.15) is 23.6 Å². The van der Waals surface area contributed by atoms with Crippen LogP contribution in [-0.4, -0.2) is 58.8 Å². The monoisotopic (exact) mass is 399 g/mol. The van der Waals surface area contributed by atoms with Crippen molar-refractivity contribution in [2.75, 3.05) is 27.2 Å². The average Bonchev–Trinajstić information content (AvgIpc) is 2.93. The number of likely N-dealkylation sites (tertiary alicyclic amines) is 1. The predicted octanol–water partition coefficient (Wildman–Crippen LogP) is 3.11. The summed E-state index contributed by atoms with van der Waals surface area (Å²) >= 11 is 5.92. The number of hydrogen-bond donors (Lipinski definition) is 1. The molecule has 6 nitrogen and oxygen atoms in total. The molecule has 1 atom stereocenters. The number of hydrogen-bond acceptors (Lipinski definition) is 5. The maximum absolute atomic E-state index is 12.8. The van der Waals surface area contributed by atoms with E-state index in [-0.39, 0.29) is 11.3 Å². The number of aliphatic hydroxyl groups excluding tert-OH is 1. The van der Waals surface area contributed by atoms with E-state index < -0.39 is 17.7 Å². The molecule has 146 valence electrons. The quantitative estimate of drug-likeness (QED) is 0.459. The maximum Gasteiger partial charge on any atom is 0.295 e. The zero-order chi connectivity index (χ0) is 20.3. The molecule has 0 spiro atoms. The molecule has 1 amide bonds. The summed E-state index contributed by atoms with van der Waals surface area (Å²) in [5.41, 5.74) is 1.26. The fourth-order valence-corrected chi connectivity index (χ4v) is 3.45. The van der Waals surface area contributed by atoms with Gasteiger partial charge in [0.2, 0.25) is 0 Å². The fourth-order valence-electron chi connectivity index (χ4n) is 3.32. The molecule has 0 aliphatic carbocycles. The molecule has 0 saturated carbocycles. The Morgan fingerprint density at radius 3 is 2.39 bits per heavy atom. The molecule has 0 unspecified atom stereocenters. The van der Waals surface area contributed by atoms with Gasteiger partial charge in [0.25, 0.3) is 11.7 Å². The predicted molar refractivity (Wildman–Crippen MR) is 108 cm³/mol. The number of rotatable bonds is 6. The number of Topliss-reactive ketones (excluding diaryl/α,β-unsaturated/α-hetero) is 1. The Kier molecular flexibility index (Phi) is 6.11. The molecule has 7 heteroatoms. The number of aromatic nitrogens is 1. The van der Waals surface area contributed by atoms with Crippen molar-refractivity contribution in [3.8, 4) is 0 Å². The Morgan fingerprint density at radius 2 is 1.79 bits per heavy atom. The van der Waals surface area contributed by atoms with Crippen LogP contribution in [0.25, 0.3) is 5.76 Å². The van der Waals surface area contributed by atoms with Crippen LogP contribution in [-0.2, 0) is 9.59 Å². The molecule has 2 heterocycles. The lowest BCUT2D eigenvalue weighted by molar-refractivity contribution is -0.139. The Morgan fingerprint density at radius 1 is 1.14 bits per heavy atom. The molecular weight excluding hydrogens is 378 g/mol. The minimum Gasteiger partial charge on any atom is -0.507 e. The van der Waals surface area contributed by atoms with Crippen molar-refractivity contribution < 1.29 is 14.7 Å². The zero-order valence-electron chi connectivity index (χ0n) is 15.8. The maximum atomic E-state index is 12.8. The lowest BCUT2D eigenvalue weighted by Gasteiger charge is -2.25. The van der Waals surface area contributed by atoms with E-state index in [2.05, 4.69) is 4.98 Å². The summed E-state index contributed by atoms with van der Waals surface area (Å²) < 4.78 is 0. The van der Waals surface area contributed by atoms with Gasteiger partial charge in [-0.25, -0.2) is 0 Å². The van der Waals surface area contributed by atoms with Crippen molar-refractivity contribution in [2.24, 2.45) is 0 Å². The normalized spacial score (nSPS) is 18.9. The second-order valence-electron chi connectivity index (χ2n) is 6.94. The Hall–Kier alpha value is -2.70. The lowest BCUT2D eigenvalue weighted by atomic mass is 9.96. The number of aliphatic hydroxyl groups is 1. The first-order valence-electron chi connectivity index (χ1n) is 8.99. The topological polar surface area (TPSA) is 73.7 Å². The third kappa shape index (κ3) is 4.08. The first-order valence-corrected chi connectivity index (χ1v) is 9.37. The summed E-state index contributed by atoms with van der Waals surface area (Å²) in [5, 5.41) is 11.4. The van der Waals surface area contributed by atoms with Crippen molar-refractivity contribution in [3.63, 3.8) is 0 Å². The van der Waals surface area contributed by atoms with E-state index >= 15 is 0 Å². The first kappa shape index (κ1) is 20.0. The zero-order valence-corrected chi connectivity index (χ0v) is 16.6. The van der Waals surface area contributed by atoms with E-state index in [0.717, 1.165) is 12.1 Å². The number of pyridine rings is 1.